The number of carbonyl (C=O) groups excluding carboxylic acids is 1. The van der Waals surface area contributed by atoms with E-state index in [0.717, 1.165) is 15.6 Å². The van der Waals surface area contributed by atoms with Gasteiger partial charge in [-0.05, 0) is 74.4 Å². The van der Waals surface area contributed by atoms with E-state index in [4.69, 9.17) is 0 Å². The largest absolute Gasteiger partial charge is 0.322 e. The second-order valence-electron chi connectivity index (χ2n) is 7.48. The summed E-state index contributed by atoms with van der Waals surface area (Å²) in [5, 5.41) is 2.87. The number of hydrogen-bond donors (Lipinski definition) is 1. The number of amides is 1. The van der Waals surface area contributed by atoms with E-state index in [1.165, 1.54) is 4.31 Å². The number of rotatable bonds is 4. The average molecular weight is 485 g/mol. The van der Waals surface area contributed by atoms with Crippen LogP contribution in [0.1, 0.15) is 28.4 Å². The molecule has 0 bridgehead atoms. The minimum atomic E-state index is -3.68. The van der Waals surface area contributed by atoms with Crippen LogP contribution in [-0.4, -0.2) is 20.4 Å². The van der Waals surface area contributed by atoms with Crippen molar-refractivity contribution in [1.82, 2.24) is 0 Å². The summed E-state index contributed by atoms with van der Waals surface area (Å²) < 4.78 is 28.8. The minimum absolute atomic E-state index is 0.227. The number of carbonyl (C=O) groups is 1. The summed E-state index contributed by atoms with van der Waals surface area (Å²) in [6, 6.07) is 19.2. The van der Waals surface area contributed by atoms with Gasteiger partial charge in [-0.15, -0.1) is 0 Å². The van der Waals surface area contributed by atoms with Crippen molar-refractivity contribution < 1.29 is 13.2 Å². The van der Waals surface area contributed by atoms with E-state index in [1.54, 1.807) is 42.5 Å². The highest BCUT2D eigenvalue weighted by molar-refractivity contribution is 9.10. The molecule has 3 aromatic rings. The lowest BCUT2D eigenvalue weighted by Gasteiger charge is -2.24. The van der Waals surface area contributed by atoms with E-state index in [2.05, 4.69) is 21.2 Å². The molecular formula is C23H21BrN2O3S. The molecule has 0 fully saturated rings. The topological polar surface area (TPSA) is 66.5 Å². The Morgan fingerprint density at radius 3 is 2.50 bits per heavy atom. The fourth-order valence-electron chi connectivity index (χ4n) is 3.70. The maximum atomic E-state index is 13.3. The molecule has 0 radical (unpaired) electrons. The Morgan fingerprint density at radius 2 is 1.80 bits per heavy atom. The average Bonchev–Trinajstić information content (AvgIpc) is 3.03. The second kappa shape index (κ2) is 7.89. The molecule has 154 valence electrons. The SMILES string of the molecule is Cc1ccc(S(=O)(=O)N2c3ccc(C(=O)Nc4cccc(Br)c4)cc3C[C@@H]2C)cc1. The molecule has 1 aliphatic rings. The lowest BCUT2D eigenvalue weighted by atomic mass is 10.1. The van der Waals surface area contributed by atoms with Crippen LogP contribution >= 0.6 is 15.9 Å². The standard InChI is InChI=1S/C23H21BrN2O3S/c1-15-6-9-21(10-7-15)30(28,29)26-16(2)12-18-13-17(8-11-22(18)26)23(27)25-20-5-3-4-19(24)14-20/h3-11,13-14,16H,12H2,1-2H3,(H,25,27)/t16-/m0/s1. The molecule has 1 heterocycles. The molecule has 0 saturated heterocycles. The van der Waals surface area contributed by atoms with Gasteiger partial charge in [-0.1, -0.05) is 39.7 Å². The van der Waals surface area contributed by atoms with E-state index in [-0.39, 0.29) is 16.8 Å². The molecule has 0 saturated carbocycles. The molecule has 30 heavy (non-hydrogen) atoms. The molecule has 3 aromatic carbocycles. The van der Waals surface area contributed by atoms with Gasteiger partial charge in [-0.3, -0.25) is 9.10 Å². The number of fused-ring (bicyclic) bond motifs is 1. The van der Waals surface area contributed by atoms with Crippen molar-refractivity contribution in [3.05, 3.63) is 87.9 Å². The Hall–Kier alpha value is -2.64. The number of halogens is 1. The minimum Gasteiger partial charge on any atom is -0.322 e. The molecule has 0 unspecified atom stereocenters. The molecule has 4 rings (SSSR count). The summed E-state index contributed by atoms with van der Waals surface area (Å²) in [4.78, 5) is 12.9. The number of benzene rings is 3. The van der Waals surface area contributed by atoms with Crippen molar-refractivity contribution in [1.29, 1.82) is 0 Å². The van der Waals surface area contributed by atoms with Crippen LogP contribution in [0, 0.1) is 6.92 Å². The monoisotopic (exact) mass is 484 g/mol. The molecular weight excluding hydrogens is 464 g/mol. The Kier molecular flexibility index (Phi) is 5.42. The predicted molar refractivity (Wildman–Crippen MR) is 123 cm³/mol. The first kappa shape index (κ1) is 20.6. The zero-order valence-corrected chi connectivity index (χ0v) is 19.0. The van der Waals surface area contributed by atoms with Crippen LogP contribution < -0.4 is 9.62 Å². The smallest absolute Gasteiger partial charge is 0.264 e. The Labute approximate surface area is 184 Å². The fourth-order valence-corrected chi connectivity index (χ4v) is 5.80. The van der Waals surface area contributed by atoms with E-state index in [0.29, 0.717) is 23.4 Å². The quantitative estimate of drug-likeness (QED) is 0.556. The molecule has 0 aromatic heterocycles. The lowest BCUT2D eigenvalue weighted by Crippen LogP contribution is -2.35. The van der Waals surface area contributed by atoms with Gasteiger partial charge in [-0.2, -0.15) is 0 Å². The van der Waals surface area contributed by atoms with Crippen molar-refractivity contribution in [2.75, 3.05) is 9.62 Å². The lowest BCUT2D eigenvalue weighted by molar-refractivity contribution is 0.102. The highest BCUT2D eigenvalue weighted by Gasteiger charge is 2.36. The zero-order valence-electron chi connectivity index (χ0n) is 16.6. The van der Waals surface area contributed by atoms with Crippen LogP contribution in [0.15, 0.2) is 76.1 Å². The first-order chi connectivity index (χ1) is 14.3. The van der Waals surface area contributed by atoms with Crippen LogP contribution in [0.3, 0.4) is 0 Å². The van der Waals surface area contributed by atoms with Gasteiger partial charge in [-0.25, -0.2) is 8.42 Å². The van der Waals surface area contributed by atoms with Crippen LogP contribution in [0.5, 0.6) is 0 Å². The van der Waals surface area contributed by atoms with Gasteiger partial charge in [0, 0.05) is 21.8 Å². The third-order valence-electron chi connectivity index (χ3n) is 5.16. The van der Waals surface area contributed by atoms with Crippen molar-refractivity contribution in [3.8, 4) is 0 Å². The fraction of sp³-hybridized carbons (Fsp3) is 0.174. The normalized spacial score (nSPS) is 15.7. The van der Waals surface area contributed by atoms with Crippen molar-refractivity contribution in [2.45, 2.75) is 31.2 Å². The van der Waals surface area contributed by atoms with Gasteiger partial charge < -0.3 is 5.32 Å². The summed E-state index contributed by atoms with van der Waals surface area (Å²) in [6.07, 6.45) is 0.554. The second-order valence-corrected chi connectivity index (χ2v) is 10.2. The van der Waals surface area contributed by atoms with E-state index < -0.39 is 10.0 Å². The van der Waals surface area contributed by atoms with Crippen molar-refractivity contribution in [3.63, 3.8) is 0 Å². The molecule has 1 N–H and O–H groups in total. The van der Waals surface area contributed by atoms with Gasteiger partial charge in [0.1, 0.15) is 0 Å². The molecule has 1 aliphatic heterocycles. The molecule has 0 spiro atoms. The number of nitrogens with zero attached hydrogens (tertiary/aromatic N) is 1. The summed E-state index contributed by atoms with van der Waals surface area (Å²) in [5.74, 6) is -0.233. The summed E-state index contributed by atoms with van der Waals surface area (Å²) in [7, 11) is -3.68. The van der Waals surface area contributed by atoms with E-state index in [1.807, 2.05) is 38.1 Å². The van der Waals surface area contributed by atoms with Crippen molar-refractivity contribution >= 4 is 43.2 Å². The van der Waals surface area contributed by atoms with Crippen molar-refractivity contribution in [2.24, 2.45) is 0 Å². The zero-order chi connectivity index (χ0) is 21.5. The summed E-state index contributed by atoms with van der Waals surface area (Å²) in [5.41, 5.74) is 3.66. The van der Waals surface area contributed by atoms with Crippen LogP contribution in [0.4, 0.5) is 11.4 Å². The molecule has 7 heteroatoms. The number of anilines is 2. The Morgan fingerprint density at radius 1 is 1.07 bits per heavy atom. The van der Waals surface area contributed by atoms with Gasteiger partial charge >= 0.3 is 0 Å². The number of hydrogen-bond acceptors (Lipinski definition) is 3. The van der Waals surface area contributed by atoms with Gasteiger partial charge in [0.15, 0.2) is 0 Å². The maximum absolute atomic E-state index is 13.3. The van der Waals surface area contributed by atoms with Gasteiger partial charge in [0.2, 0.25) is 0 Å². The number of sulfonamides is 1. The van der Waals surface area contributed by atoms with E-state index in [9.17, 15) is 13.2 Å². The summed E-state index contributed by atoms with van der Waals surface area (Å²) in [6.45, 7) is 3.80. The highest BCUT2D eigenvalue weighted by atomic mass is 79.9. The predicted octanol–water partition coefficient (Wildman–Crippen LogP) is 5.15. The Bertz CT molecular complexity index is 1220. The van der Waals surface area contributed by atoms with Crippen LogP contribution in [0.25, 0.3) is 0 Å². The molecule has 0 aliphatic carbocycles. The summed E-state index contributed by atoms with van der Waals surface area (Å²) >= 11 is 3.39. The van der Waals surface area contributed by atoms with Crippen LogP contribution in [0.2, 0.25) is 0 Å². The van der Waals surface area contributed by atoms with E-state index >= 15 is 0 Å². The maximum Gasteiger partial charge on any atom is 0.264 e. The first-order valence-electron chi connectivity index (χ1n) is 9.56. The molecule has 1 atom stereocenters. The van der Waals surface area contributed by atoms with Gasteiger partial charge in [0.25, 0.3) is 15.9 Å². The first-order valence-corrected chi connectivity index (χ1v) is 11.8. The number of nitrogens with one attached hydrogen (secondary N) is 1. The van der Waals surface area contributed by atoms with Crippen LogP contribution in [-0.2, 0) is 16.4 Å². The Balaban J connectivity index is 1.63. The van der Waals surface area contributed by atoms with Gasteiger partial charge in [0.05, 0.1) is 10.6 Å². The third kappa shape index (κ3) is 3.87. The molecule has 5 nitrogen and oxygen atoms in total. The number of aryl methyl sites for hydroxylation is 1. The highest BCUT2D eigenvalue weighted by Crippen LogP contribution is 2.37. The third-order valence-corrected chi connectivity index (χ3v) is 7.59. The molecule has 1 amide bonds.